The molecule has 2 spiro atoms. The quantitative estimate of drug-likeness (QED) is 0.309. The second-order valence-corrected chi connectivity index (χ2v) is 14.8. The first-order valence-electron chi connectivity index (χ1n) is 16.1. The molecule has 2 saturated carbocycles. The molecule has 0 bridgehead atoms. The molecule has 0 unspecified atom stereocenters. The van der Waals surface area contributed by atoms with Crippen molar-refractivity contribution in [3.05, 3.63) is 56.9 Å². The van der Waals surface area contributed by atoms with Crippen LogP contribution in [0.3, 0.4) is 0 Å². The predicted octanol–water partition coefficient (Wildman–Crippen LogP) is 5.16. The first-order valence-corrected chi connectivity index (χ1v) is 16.1. The van der Waals surface area contributed by atoms with Crippen LogP contribution in [0.15, 0.2) is 36.7 Å². The molecule has 4 heterocycles. The summed E-state index contributed by atoms with van der Waals surface area (Å²) < 4.78 is 11.0. The van der Waals surface area contributed by atoms with Crippen LogP contribution in [0, 0.1) is 20.2 Å². The minimum Gasteiger partial charge on any atom is -0.444 e. The summed E-state index contributed by atoms with van der Waals surface area (Å²) in [6.45, 7) is 15.0. The Labute approximate surface area is 279 Å². The van der Waals surface area contributed by atoms with Gasteiger partial charge in [0.05, 0.1) is 22.5 Å². The van der Waals surface area contributed by atoms with Crippen LogP contribution in [-0.2, 0) is 9.47 Å². The van der Waals surface area contributed by atoms with Gasteiger partial charge in [-0.2, -0.15) is 0 Å². The predicted molar refractivity (Wildman–Crippen MR) is 176 cm³/mol. The normalized spacial score (nSPS) is 19.3. The van der Waals surface area contributed by atoms with Crippen molar-refractivity contribution in [3.63, 3.8) is 0 Å². The maximum atomic E-state index is 12.4. The summed E-state index contributed by atoms with van der Waals surface area (Å²) in [7, 11) is 0. The van der Waals surface area contributed by atoms with E-state index >= 15 is 0 Å². The van der Waals surface area contributed by atoms with Gasteiger partial charge in [-0.1, -0.05) is 0 Å². The molecule has 0 radical (unpaired) electrons. The van der Waals surface area contributed by atoms with Crippen LogP contribution in [0.2, 0.25) is 0 Å². The third-order valence-electron chi connectivity index (χ3n) is 8.75. The number of ether oxygens (including phenoxy) is 2. The van der Waals surface area contributed by atoms with Crippen LogP contribution in [0.5, 0.6) is 0 Å². The number of carbonyl (C=O) groups excluding carboxylic acids is 2. The Morgan fingerprint density at radius 3 is 1.27 bits per heavy atom. The first kappa shape index (κ1) is 34.6. The average Bonchev–Trinajstić information content (AvgIpc) is 3.94. The van der Waals surface area contributed by atoms with Gasteiger partial charge in [-0.15, -0.1) is 0 Å². The summed E-state index contributed by atoms with van der Waals surface area (Å²) in [5, 5.41) is 21.4. The van der Waals surface area contributed by atoms with Crippen molar-refractivity contribution in [1.29, 1.82) is 0 Å². The fourth-order valence-corrected chi connectivity index (χ4v) is 6.09. The van der Waals surface area contributed by atoms with E-state index in [0.29, 0.717) is 39.3 Å². The van der Waals surface area contributed by atoms with Crippen molar-refractivity contribution in [3.8, 4) is 0 Å². The Balaban J connectivity index is 0.000000188. The molecular weight excluding hydrogens is 624 g/mol. The number of carbonyl (C=O) groups is 2. The van der Waals surface area contributed by atoms with Gasteiger partial charge in [-0.3, -0.25) is 9.80 Å². The Morgan fingerprint density at radius 2 is 1.02 bits per heavy atom. The van der Waals surface area contributed by atoms with Gasteiger partial charge >= 0.3 is 23.8 Å². The van der Waals surface area contributed by atoms with Crippen molar-refractivity contribution in [1.82, 2.24) is 19.8 Å². The van der Waals surface area contributed by atoms with E-state index in [2.05, 4.69) is 19.8 Å². The van der Waals surface area contributed by atoms with E-state index in [4.69, 9.17) is 9.47 Å². The fourth-order valence-electron chi connectivity index (χ4n) is 6.09. The maximum Gasteiger partial charge on any atom is 0.410 e. The Hall–Kier alpha value is -4.76. The molecule has 260 valence electrons. The molecular formula is C32H44N8O8. The summed E-state index contributed by atoms with van der Waals surface area (Å²) in [4.78, 5) is 61.0. The second-order valence-electron chi connectivity index (χ2n) is 14.8. The standard InChI is InChI=1S/2C16H22N4O4/c2*1-15(2,3)24-14(21)19-9-8-18(11-16(19)6-7-16)12-4-5-13(17-10-12)20(22)23/h2*4-5,10H,6-9,11H2,1-3H3. The van der Waals surface area contributed by atoms with E-state index in [-0.39, 0.29) is 34.9 Å². The van der Waals surface area contributed by atoms with Crippen LogP contribution in [-0.4, -0.2) is 103 Å². The molecule has 2 aliphatic heterocycles. The fraction of sp³-hybridized carbons (Fsp3) is 0.625. The molecule has 0 aromatic carbocycles. The Morgan fingerprint density at radius 1 is 0.667 bits per heavy atom. The minimum atomic E-state index is -0.507. The van der Waals surface area contributed by atoms with E-state index in [1.165, 1.54) is 24.5 Å². The highest BCUT2D eigenvalue weighted by molar-refractivity contribution is 5.71. The maximum absolute atomic E-state index is 12.4. The topological polar surface area (TPSA) is 178 Å². The molecule has 16 heteroatoms. The third kappa shape index (κ3) is 8.02. The molecule has 2 saturated heterocycles. The smallest absolute Gasteiger partial charge is 0.410 e. The lowest BCUT2D eigenvalue weighted by Crippen LogP contribution is -2.58. The van der Waals surface area contributed by atoms with Crippen molar-refractivity contribution in [2.75, 3.05) is 49.1 Å². The number of pyridine rings is 2. The zero-order valence-electron chi connectivity index (χ0n) is 28.4. The lowest BCUT2D eigenvalue weighted by atomic mass is 10.1. The first-order chi connectivity index (χ1) is 22.4. The largest absolute Gasteiger partial charge is 0.444 e. The lowest BCUT2D eigenvalue weighted by molar-refractivity contribution is -0.389. The minimum absolute atomic E-state index is 0.160. The van der Waals surface area contributed by atoms with Gasteiger partial charge in [0.15, 0.2) is 12.4 Å². The monoisotopic (exact) mass is 668 g/mol. The van der Waals surface area contributed by atoms with Gasteiger partial charge < -0.3 is 39.5 Å². The molecule has 2 amide bonds. The molecule has 0 N–H and O–H groups in total. The van der Waals surface area contributed by atoms with Crippen molar-refractivity contribution in [2.45, 2.75) is 89.5 Å². The van der Waals surface area contributed by atoms with E-state index in [9.17, 15) is 29.8 Å². The van der Waals surface area contributed by atoms with Crippen molar-refractivity contribution < 1.29 is 28.9 Å². The number of hydrogen-bond acceptors (Lipinski definition) is 12. The van der Waals surface area contributed by atoms with Gasteiger partial charge in [0.1, 0.15) is 11.2 Å². The van der Waals surface area contributed by atoms with Gasteiger partial charge in [-0.25, -0.2) is 9.59 Å². The summed E-state index contributed by atoms with van der Waals surface area (Å²) in [5.74, 6) is -0.320. The number of rotatable bonds is 4. The molecule has 2 aromatic heterocycles. The number of piperazine rings is 2. The van der Waals surface area contributed by atoms with Crippen molar-refractivity contribution >= 4 is 35.2 Å². The van der Waals surface area contributed by atoms with Gasteiger partial charge in [0.2, 0.25) is 0 Å². The zero-order valence-corrected chi connectivity index (χ0v) is 28.4. The molecule has 4 aliphatic rings. The van der Waals surface area contributed by atoms with E-state index in [0.717, 1.165) is 37.1 Å². The van der Waals surface area contributed by atoms with Gasteiger partial charge in [0, 0.05) is 51.4 Å². The van der Waals surface area contributed by atoms with E-state index < -0.39 is 21.0 Å². The number of hydrogen-bond donors (Lipinski definition) is 0. The Bertz CT molecular complexity index is 1410. The number of nitro groups is 2. The summed E-state index contributed by atoms with van der Waals surface area (Å²) in [5.41, 5.74) is 0.315. The molecule has 48 heavy (non-hydrogen) atoms. The van der Waals surface area contributed by atoms with Crippen LogP contribution >= 0.6 is 0 Å². The summed E-state index contributed by atoms with van der Waals surface area (Å²) in [6.07, 6.45) is 6.32. The van der Waals surface area contributed by atoms with Crippen molar-refractivity contribution in [2.24, 2.45) is 0 Å². The van der Waals surface area contributed by atoms with Gasteiger partial charge in [0.25, 0.3) is 0 Å². The van der Waals surface area contributed by atoms with Crippen LogP contribution in [0.4, 0.5) is 32.6 Å². The van der Waals surface area contributed by atoms with Gasteiger partial charge in [-0.05, 0) is 99.2 Å². The molecule has 2 aliphatic carbocycles. The SMILES string of the molecule is CC(C)(C)OC(=O)N1CCN(c2ccc([N+](=O)[O-])nc2)CC12CC2.CC(C)(C)OC(=O)N1CCN(c2ccc([N+](=O)[O-])nc2)CC12CC2. The summed E-state index contributed by atoms with van der Waals surface area (Å²) >= 11 is 0. The molecule has 2 aromatic rings. The zero-order chi connectivity index (χ0) is 35.1. The molecule has 0 atom stereocenters. The number of amides is 2. The third-order valence-corrected chi connectivity index (χ3v) is 8.75. The number of nitrogens with zero attached hydrogens (tertiary/aromatic N) is 8. The Kier molecular flexibility index (Phi) is 9.14. The average molecular weight is 669 g/mol. The lowest BCUT2D eigenvalue weighted by Gasteiger charge is -2.43. The number of anilines is 2. The second kappa shape index (κ2) is 12.7. The summed E-state index contributed by atoms with van der Waals surface area (Å²) in [6, 6.07) is 6.25. The van der Waals surface area contributed by atoms with Crippen LogP contribution in [0.25, 0.3) is 0 Å². The highest BCUT2D eigenvalue weighted by Crippen LogP contribution is 2.46. The highest BCUT2D eigenvalue weighted by atomic mass is 16.6. The van der Waals surface area contributed by atoms with Crippen LogP contribution < -0.4 is 9.80 Å². The van der Waals surface area contributed by atoms with E-state index in [1.807, 2.05) is 51.3 Å². The molecule has 16 nitrogen and oxygen atoms in total. The number of aromatic nitrogens is 2. The molecule has 6 rings (SSSR count). The highest BCUT2D eigenvalue weighted by Gasteiger charge is 2.55. The van der Waals surface area contributed by atoms with Crippen LogP contribution in [0.1, 0.15) is 67.2 Å². The molecule has 4 fully saturated rings. The van der Waals surface area contributed by atoms with E-state index in [1.54, 1.807) is 12.1 Å².